The lowest BCUT2D eigenvalue weighted by atomic mass is 9.51. The van der Waals surface area contributed by atoms with Crippen molar-refractivity contribution in [1.82, 2.24) is 0 Å². The van der Waals surface area contributed by atoms with E-state index in [1.807, 2.05) is 0 Å². The Balaban J connectivity index is 1.96. The quantitative estimate of drug-likeness (QED) is 0.616. The van der Waals surface area contributed by atoms with Crippen LogP contribution in [0.2, 0.25) is 0 Å². The zero-order valence-corrected chi connectivity index (χ0v) is 9.34. The first-order valence-electron chi connectivity index (χ1n) is 6.04. The van der Waals surface area contributed by atoms with Crippen LogP contribution in [0.4, 0.5) is 0 Å². The summed E-state index contributed by atoms with van der Waals surface area (Å²) in [5.41, 5.74) is 0.153. The fourth-order valence-corrected chi connectivity index (χ4v) is 4.80. The van der Waals surface area contributed by atoms with Crippen molar-refractivity contribution in [3.63, 3.8) is 0 Å². The highest BCUT2D eigenvalue weighted by atomic mass is 16.3. The first-order chi connectivity index (χ1) is 6.51. The minimum atomic E-state index is -0.276. The highest BCUT2D eigenvalue weighted by molar-refractivity contribution is 5.08. The Morgan fingerprint density at radius 1 is 1.07 bits per heavy atom. The van der Waals surface area contributed by atoms with Gasteiger partial charge < -0.3 is 10.0 Å². The summed E-state index contributed by atoms with van der Waals surface area (Å²) in [6.45, 7) is 0. The van der Waals surface area contributed by atoms with Gasteiger partial charge in [-0.3, -0.25) is 0 Å². The van der Waals surface area contributed by atoms with E-state index >= 15 is 0 Å². The van der Waals surface area contributed by atoms with E-state index in [-0.39, 0.29) is 5.60 Å². The molecule has 4 rings (SSSR count). The molecule has 0 aromatic rings. The Labute approximate surface area is 86.3 Å². The molecule has 2 heteroatoms. The summed E-state index contributed by atoms with van der Waals surface area (Å²) in [6.07, 6.45) is 7.39. The van der Waals surface area contributed by atoms with Crippen LogP contribution >= 0.6 is 0 Å². The van der Waals surface area contributed by atoms with E-state index in [0.29, 0.717) is 5.54 Å². The van der Waals surface area contributed by atoms with E-state index in [2.05, 4.69) is 14.1 Å². The molecule has 0 spiro atoms. The first-order valence-corrected chi connectivity index (χ1v) is 6.04. The molecule has 4 fully saturated rings. The fraction of sp³-hybridized carbons (Fsp3) is 1.00. The van der Waals surface area contributed by atoms with Crippen LogP contribution in [0.1, 0.15) is 38.5 Å². The van der Waals surface area contributed by atoms with Gasteiger partial charge in [0.2, 0.25) is 0 Å². The lowest BCUT2D eigenvalue weighted by Crippen LogP contribution is -3.16. The summed E-state index contributed by atoms with van der Waals surface area (Å²) in [5.74, 6) is 1.66. The number of rotatable bonds is 1. The predicted molar refractivity (Wildman–Crippen MR) is 55.2 cm³/mol. The van der Waals surface area contributed by atoms with Gasteiger partial charge in [-0.15, -0.1) is 0 Å². The molecule has 4 aliphatic rings. The van der Waals surface area contributed by atoms with Crippen molar-refractivity contribution in [1.29, 1.82) is 0 Å². The second-order valence-electron chi connectivity index (χ2n) is 6.47. The lowest BCUT2D eigenvalue weighted by molar-refractivity contribution is -0.923. The highest BCUT2D eigenvalue weighted by Gasteiger charge is 2.60. The Morgan fingerprint density at radius 2 is 1.64 bits per heavy atom. The van der Waals surface area contributed by atoms with Crippen molar-refractivity contribution >= 4 is 0 Å². The Kier molecular flexibility index (Phi) is 1.66. The number of quaternary nitrogens is 1. The average molecular weight is 196 g/mol. The molecule has 14 heavy (non-hydrogen) atoms. The smallest absolute Gasteiger partial charge is 0.101 e. The van der Waals surface area contributed by atoms with Crippen LogP contribution < -0.4 is 4.90 Å². The molecule has 4 atom stereocenters. The van der Waals surface area contributed by atoms with Crippen LogP contribution in [0.5, 0.6) is 0 Å². The van der Waals surface area contributed by atoms with Gasteiger partial charge in [0.1, 0.15) is 5.54 Å². The van der Waals surface area contributed by atoms with Gasteiger partial charge in [-0.1, -0.05) is 0 Å². The first kappa shape index (κ1) is 9.17. The van der Waals surface area contributed by atoms with Gasteiger partial charge in [0, 0.05) is 19.3 Å². The van der Waals surface area contributed by atoms with Crippen molar-refractivity contribution in [2.45, 2.75) is 49.7 Å². The van der Waals surface area contributed by atoms with Gasteiger partial charge in [-0.25, -0.2) is 0 Å². The summed E-state index contributed by atoms with van der Waals surface area (Å²) in [4.78, 5) is 1.57. The maximum absolute atomic E-state index is 10.5. The number of hydrogen-bond acceptors (Lipinski definition) is 1. The molecule has 4 saturated carbocycles. The zero-order valence-electron chi connectivity index (χ0n) is 9.34. The third kappa shape index (κ3) is 1.10. The molecule has 80 valence electrons. The van der Waals surface area contributed by atoms with Crippen molar-refractivity contribution in [3.8, 4) is 0 Å². The molecular weight excluding hydrogens is 174 g/mol. The van der Waals surface area contributed by atoms with E-state index in [4.69, 9.17) is 0 Å². The SMILES string of the molecule is C[NH+](C)C12C[C@@H]3C[C@@H](CC(O)(C3)C1)C2. The molecule has 2 unspecified atom stereocenters. The summed E-state index contributed by atoms with van der Waals surface area (Å²) in [5, 5.41) is 10.5. The van der Waals surface area contributed by atoms with Crippen molar-refractivity contribution in [3.05, 3.63) is 0 Å². The minimum absolute atomic E-state index is 0.276. The third-order valence-electron chi connectivity index (χ3n) is 5.09. The predicted octanol–water partition coefficient (Wildman–Crippen LogP) is 0.215. The van der Waals surface area contributed by atoms with Gasteiger partial charge in [0.15, 0.2) is 0 Å². The molecule has 0 aromatic carbocycles. The van der Waals surface area contributed by atoms with Crippen molar-refractivity contribution < 1.29 is 10.0 Å². The van der Waals surface area contributed by atoms with Crippen LogP contribution in [0.15, 0.2) is 0 Å². The molecule has 0 aromatic heterocycles. The Hall–Kier alpha value is -0.0800. The second-order valence-corrected chi connectivity index (χ2v) is 6.47. The van der Waals surface area contributed by atoms with Gasteiger partial charge >= 0.3 is 0 Å². The highest BCUT2D eigenvalue weighted by Crippen LogP contribution is 2.56. The van der Waals surface area contributed by atoms with Crippen LogP contribution in [0.25, 0.3) is 0 Å². The maximum Gasteiger partial charge on any atom is 0.101 e. The third-order valence-corrected chi connectivity index (χ3v) is 5.09. The van der Waals surface area contributed by atoms with E-state index in [9.17, 15) is 5.11 Å². The topological polar surface area (TPSA) is 24.7 Å². The summed E-state index contributed by atoms with van der Waals surface area (Å²) < 4.78 is 0. The number of nitrogens with one attached hydrogen (secondary N) is 1. The Morgan fingerprint density at radius 3 is 2.07 bits per heavy atom. The van der Waals surface area contributed by atoms with E-state index in [0.717, 1.165) is 31.1 Å². The molecule has 4 bridgehead atoms. The standard InChI is InChI=1S/C12H21NO/c1-13(2)11-4-9-3-10(5-11)7-12(14,6-9)8-11/h9-10,14H,3-8H2,1-2H3/p+1/t9-,10+,11?,12?. The molecule has 2 N–H and O–H groups in total. The van der Waals surface area contributed by atoms with Gasteiger partial charge in [-0.05, 0) is 31.1 Å². The number of hydrogen-bond donors (Lipinski definition) is 2. The van der Waals surface area contributed by atoms with E-state index < -0.39 is 0 Å². The van der Waals surface area contributed by atoms with Crippen LogP contribution in [-0.4, -0.2) is 30.3 Å². The molecule has 0 amide bonds. The summed E-state index contributed by atoms with van der Waals surface area (Å²) in [6, 6.07) is 0. The van der Waals surface area contributed by atoms with Gasteiger partial charge in [0.05, 0.1) is 19.7 Å². The zero-order chi connectivity index (χ0) is 9.97. The number of aliphatic hydroxyl groups is 1. The average Bonchev–Trinajstić information content (AvgIpc) is 1.98. The van der Waals surface area contributed by atoms with Crippen molar-refractivity contribution in [2.24, 2.45) is 11.8 Å². The maximum atomic E-state index is 10.5. The van der Waals surface area contributed by atoms with E-state index in [1.165, 1.54) is 19.3 Å². The Bertz CT molecular complexity index is 247. The van der Waals surface area contributed by atoms with Crippen molar-refractivity contribution in [2.75, 3.05) is 14.1 Å². The molecule has 4 aliphatic carbocycles. The largest absolute Gasteiger partial charge is 0.390 e. The normalized spacial score (nSPS) is 55.7. The molecular formula is C12H22NO+. The monoisotopic (exact) mass is 196 g/mol. The van der Waals surface area contributed by atoms with Crippen LogP contribution in [-0.2, 0) is 0 Å². The van der Waals surface area contributed by atoms with E-state index in [1.54, 1.807) is 4.90 Å². The molecule has 2 nitrogen and oxygen atoms in total. The molecule has 0 heterocycles. The van der Waals surface area contributed by atoms with Gasteiger partial charge in [-0.2, -0.15) is 0 Å². The second kappa shape index (κ2) is 2.53. The molecule has 0 saturated heterocycles. The summed E-state index contributed by atoms with van der Waals surface area (Å²) >= 11 is 0. The molecule has 0 radical (unpaired) electrons. The summed E-state index contributed by atoms with van der Waals surface area (Å²) in [7, 11) is 4.55. The fourth-order valence-electron chi connectivity index (χ4n) is 4.80. The molecule has 0 aliphatic heterocycles. The van der Waals surface area contributed by atoms with Gasteiger partial charge in [0.25, 0.3) is 0 Å². The lowest BCUT2D eigenvalue weighted by Gasteiger charge is -2.60. The minimum Gasteiger partial charge on any atom is -0.390 e. The van der Waals surface area contributed by atoms with Crippen LogP contribution in [0.3, 0.4) is 0 Å². The van der Waals surface area contributed by atoms with Crippen LogP contribution in [0, 0.1) is 11.8 Å².